The second kappa shape index (κ2) is 8.80. The molecular weight excluding hydrogens is 403 g/mol. The van der Waals surface area contributed by atoms with E-state index in [1.807, 2.05) is 6.92 Å². The zero-order valence-corrected chi connectivity index (χ0v) is 16.1. The zero-order chi connectivity index (χ0) is 21.7. The van der Waals surface area contributed by atoms with Gasteiger partial charge >= 0.3 is 6.36 Å². The minimum absolute atomic E-state index is 0.124. The molecule has 3 aromatic rings. The van der Waals surface area contributed by atoms with E-state index in [9.17, 15) is 18.0 Å². The highest BCUT2D eigenvalue weighted by atomic mass is 19.4. The van der Waals surface area contributed by atoms with Crippen LogP contribution in [-0.4, -0.2) is 38.9 Å². The number of aromatic nitrogens is 4. The minimum atomic E-state index is -4.75. The van der Waals surface area contributed by atoms with Crippen molar-refractivity contribution in [1.82, 2.24) is 25.3 Å². The van der Waals surface area contributed by atoms with Crippen LogP contribution < -0.4 is 14.8 Å². The van der Waals surface area contributed by atoms with Crippen LogP contribution in [0.15, 0.2) is 42.6 Å². The number of halogens is 3. The maximum Gasteiger partial charge on any atom is 0.573 e. The molecule has 1 N–H and O–H groups in total. The van der Waals surface area contributed by atoms with Crippen molar-refractivity contribution in [2.24, 2.45) is 0 Å². The molecule has 0 atom stereocenters. The molecule has 8 nitrogen and oxygen atoms in total. The van der Waals surface area contributed by atoms with E-state index in [1.54, 1.807) is 19.1 Å². The summed E-state index contributed by atoms with van der Waals surface area (Å²) in [5.74, 6) is 0.102. The molecule has 0 aliphatic rings. The van der Waals surface area contributed by atoms with Gasteiger partial charge in [-0.25, -0.2) is 4.68 Å². The van der Waals surface area contributed by atoms with Gasteiger partial charge in [0, 0.05) is 12.6 Å². The maximum absolute atomic E-state index is 12.5. The molecule has 0 bridgehead atoms. The van der Waals surface area contributed by atoms with Crippen molar-refractivity contribution in [2.75, 3.05) is 6.61 Å². The molecule has 158 valence electrons. The molecule has 1 aromatic carbocycles. The van der Waals surface area contributed by atoms with E-state index in [0.29, 0.717) is 35.1 Å². The molecule has 0 saturated carbocycles. The molecule has 0 aliphatic carbocycles. The lowest BCUT2D eigenvalue weighted by molar-refractivity contribution is -0.274. The molecule has 0 unspecified atom stereocenters. The Morgan fingerprint density at radius 3 is 2.47 bits per heavy atom. The number of carbonyl (C=O) groups excluding carboxylic acids is 1. The van der Waals surface area contributed by atoms with Crippen LogP contribution in [0, 0.1) is 6.92 Å². The second-order valence-electron chi connectivity index (χ2n) is 6.09. The fraction of sp³-hybridized carbons (Fsp3) is 0.263. The monoisotopic (exact) mass is 421 g/mol. The summed E-state index contributed by atoms with van der Waals surface area (Å²) in [6, 6.07) is 8.56. The van der Waals surface area contributed by atoms with Gasteiger partial charge in [0.05, 0.1) is 24.1 Å². The lowest BCUT2D eigenvalue weighted by atomic mass is 10.2. The Kier molecular flexibility index (Phi) is 6.19. The third-order valence-electron chi connectivity index (χ3n) is 4.00. The van der Waals surface area contributed by atoms with Crippen molar-refractivity contribution >= 4 is 5.91 Å². The predicted octanol–water partition coefficient (Wildman–Crippen LogP) is 3.20. The van der Waals surface area contributed by atoms with Crippen molar-refractivity contribution in [1.29, 1.82) is 0 Å². The van der Waals surface area contributed by atoms with Gasteiger partial charge < -0.3 is 14.8 Å². The minimum Gasteiger partial charge on any atom is -0.477 e. The van der Waals surface area contributed by atoms with Gasteiger partial charge in [0.2, 0.25) is 5.88 Å². The van der Waals surface area contributed by atoms with E-state index in [2.05, 4.69) is 25.3 Å². The van der Waals surface area contributed by atoms with Gasteiger partial charge in [-0.05, 0) is 37.6 Å². The van der Waals surface area contributed by atoms with Gasteiger partial charge in [0.25, 0.3) is 5.91 Å². The zero-order valence-electron chi connectivity index (χ0n) is 16.1. The molecule has 30 heavy (non-hydrogen) atoms. The third kappa shape index (κ3) is 5.25. The first kappa shape index (κ1) is 21.1. The first-order valence-corrected chi connectivity index (χ1v) is 8.91. The highest BCUT2D eigenvalue weighted by Gasteiger charge is 2.30. The summed E-state index contributed by atoms with van der Waals surface area (Å²) in [5.41, 5.74) is 1.50. The molecule has 2 heterocycles. The molecule has 0 fully saturated rings. The van der Waals surface area contributed by atoms with E-state index in [0.717, 1.165) is 0 Å². The van der Waals surface area contributed by atoms with E-state index < -0.39 is 6.36 Å². The van der Waals surface area contributed by atoms with Gasteiger partial charge in [-0.1, -0.05) is 12.1 Å². The lowest BCUT2D eigenvalue weighted by Gasteiger charge is -2.10. The van der Waals surface area contributed by atoms with Crippen molar-refractivity contribution in [3.05, 3.63) is 59.4 Å². The molecule has 11 heteroatoms. The molecule has 2 aromatic heterocycles. The van der Waals surface area contributed by atoms with Gasteiger partial charge in [0.15, 0.2) is 5.82 Å². The van der Waals surface area contributed by atoms with Crippen LogP contribution in [0.25, 0.3) is 5.82 Å². The van der Waals surface area contributed by atoms with E-state index in [4.69, 9.17) is 4.74 Å². The maximum atomic E-state index is 12.5. The number of benzene rings is 1. The Balaban J connectivity index is 1.63. The normalized spacial score (nSPS) is 11.2. The number of hydrogen-bond donors (Lipinski definition) is 1. The quantitative estimate of drug-likeness (QED) is 0.630. The number of ether oxygens (including phenoxy) is 2. The van der Waals surface area contributed by atoms with Crippen molar-refractivity contribution < 1.29 is 27.4 Å². The first-order valence-electron chi connectivity index (χ1n) is 8.91. The largest absolute Gasteiger partial charge is 0.573 e. The van der Waals surface area contributed by atoms with Crippen LogP contribution >= 0.6 is 0 Å². The van der Waals surface area contributed by atoms with Crippen LogP contribution in [0.1, 0.15) is 28.5 Å². The number of rotatable bonds is 7. The molecule has 1 amide bonds. The van der Waals surface area contributed by atoms with Gasteiger partial charge in [-0.3, -0.25) is 4.79 Å². The number of nitrogens with one attached hydrogen (secondary N) is 1. The number of amides is 1. The van der Waals surface area contributed by atoms with E-state index >= 15 is 0 Å². The average Bonchev–Trinajstić information content (AvgIpc) is 3.08. The number of hydrogen-bond acceptors (Lipinski definition) is 6. The molecule has 0 saturated heterocycles. The summed E-state index contributed by atoms with van der Waals surface area (Å²) in [5, 5.41) is 14.8. The fourth-order valence-corrected chi connectivity index (χ4v) is 2.60. The Hall–Kier alpha value is -3.63. The summed E-state index contributed by atoms with van der Waals surface area (Å²) in [7, 11) is 0. The molecule has 0 aliphatic heterocycles. The van der Waals surface area contributed by atoms with Crippen LogP contribution in [0.3, 0.4) is 0 Å². The molecule has 0 radical (unpaired) electrons. The Bertz CT molecular complexity index is 1000. The Morgan fingerprint density at radius 1 is 1.13 bits per heavy atom. The summed E-state index contributed by atoms with van der Waals surface area (Å²) in [6.45, 7) is 4.14. The Labute approximate surface area is 169 Å². The molecule has 3 rings (SSSR count). The summed E-state index contributed by atoms with van der Waals surface area (Å²) in [4.78, 5) is 12.5. The Morgan fingerprint density at radius 2 is 1.87 bits per heavy atom. The van der Waals surface area contributed by atoms with Crippen LogP contribution in [0.4, 0.5) is 13.2 Å². The van der Waals surface area contributed by atoms with Gasteiger partial charge in [-0.15, -0.1) is 23.4 Å². The van der Waals surface area contributed by atoms with Crippen molar-refractivity contribution in [2.45, 2.75) is 26.8 Å². The predicted molar refractivity (Wildman–Crippen MR) is 99.4 cm³/mol. The highest BCUT2D eigenvalue weighted by molar-refractivity contribution is 5.95. The summed E-state index contributed by atoms with van der Waals surface area (Å²) in [6.07, 6.45) is -3.34. The van der Waals surface area contributed by atoms with Gasteiger partial charge in [0.1, 0.15) is 5.75 Å². The lowest BCUT2D eigenvalue weighted by Crippen LogP contribution is -2.23. The topological polar surface area (TPSA) is 91.2 Å². The third-order valence-corrected chi connectivity index (χ3v) is 4.00. The summed E-state index contributed by atoms with van der Waals surface area (Å²) >= 11 is 0. The fourth-order valence-electron chi connectivity index (χ4n) is 2.60. The van der Waals surface area contributed by atoms with Crippen LogP contribution in [0.2, 0.25) is 0 Å². The second-order valence-corrected chi connectivity index (χ2v) is 6.09. The van der Waals surface area contributed by atoms with Crippen LogP contribution in [0.5, 0.6) is 11.6 Å². The SMILES string of the molecule is CCOc1ccc(-n2ncc(C(=O)NCc3ccc(OC(F)(F)F)cc3)c2C)nn1. The van der Waals surface area contributed by atoms with E-state index in [-0.39, 0.29) is 18.2 Å². The standard InChI is InChI=1S/C19H18F3N5O3/c1-3-29-17-9-8-16(25-26-17)27-12(2)15(11-24-27)18(28)23-10-13-4-6-14(7-5-13)30-19(20,21)22/h4-9,11H,3,10H2,1-2H3,(H,23,28). The van der Waals surface area contributed by atoms with Crippen molar-refractivity contribution in [3.63, 3.8) is 0 Å². The molecule has 0 spiro atoms. The number of nitrogens with zero attached hydrogens (tertiary/aromatic N) is 4. The van der Waals surface area contributed by atoms with Gasteiger partial charge in [-0.2, -0.15) is 5.10 Å². The highest BCUT2D eigenvalue weighted by Crippen LogP contribution is 2.22. The molecular formula is C19H18F3N5O3. The van der Waals surface area contributed by atoms with Crippen molar-refractivity contribution in [3.8, 4) is 17.4 Å². The number of carbonyl (C=O) groups is 1. The smallest absolute Gasteiger partial charge is 0.477 e. The van der Waals surface area contributed by atoms with Crippen LogP contribution in [-0.2, 0) is 6.54 Å². The average molecular weight is 421 g/mol. The first-order chi connectivity index (χ1) is 14.3. The van der Waals surface area contributed by atoms with E-state index in [1.165, 1.54) is 35.1 Å². The number of alkyl halides is 3. The summed E-state index contributed by atoms with van der Waals surface area (Å²) < 4.78 is 47.1.